The number of carbonyl (C=O) groups is 2. The second kappa shape index (κ2) is 32.8. The molecule has 0 aromatic rings. The Bertz CT molecular complexity index is 892. The predicted molar refractivity (Wildman–Crippen MR) is 201 cm³/mol. The van der Waals surface area contributed by atoms with E-state index in [0.29, 0.717) is 12.8 Å². The molecule has 2 unspecified atom stereocenters. The first kappa shape index (κ1) is 47.2. The molecule has 10 nitrogen and oxygen atoms in total. The van der Waals surface area contributed by atoms with E-state index in [0.717, 1.165) is 64.2 Å². The van der Waals surface area contributed by atoms with Crippen molar-refractivity contribution in [3.63, 3.8) is 0 Å². The summed E-state index contributed by atoms with van der Waals surface area (Å²) in [7, 11) is 0. The van der Waals surface area contributed by atoms with Gasteiger partial charge in [-0.1, -0.05) is 115 Å². The highest BCUT2D eigenvalue weighted by Gasteiger charge is 2.44. The zero-order chi connectivity index (χ0) is 37.4. The van der Waals surface area contributed by atoms with Gasteiger partial charge in [-0.2, -0.15) is 0 Å². The molecule has 1 rings (SSSR count). The van der Waals surface area contributed by atoms with E-state index in [2.05, 4.69) is 38.2 Å². The first-order valence-corrected chi connectivity index (χ1v) is 20.4. The van der Waals surface area contributed by atoms with Crippen molar-refractivity contribution in [1.82, 2.24) is 0 Å². The minimum absolute atomic E-state index is 0.218. The van der Waals surface area contributed by atoms with Crippen LogP contribution in [0.15, 0.2) is 24.3 Å². The van der Waals surface area contributed by atoms with Crippen molar-refractivity contribution in [2.24, 2.45) is 0 Å². The smallest absolute Gasteiger partial charge is 0.306 e. The molecule has 1 saturated heterocycles. The summed E-state index contributed by atoms with van der Waals surface area (Å²) < 4.78 is 22.1. The van der Waals surface area contributed by atoms with Gasteiger partial charge in [0.15, 0.2) is 12.4 Å². The van der Waals surface area contributed by atoms with E-state index in [1.54, 1.807) is 0 Å². The Morgan fingerprint density at radius 1 is 0.588 bits per heavy atom. The average molecular weight is 727 g/mol. The fourth-order valence-corrected chi connectivity index (χ4v) is 6.00. The molecule has 298 valence electrons. The molecule has 0 bridgehead atoms. The Labute approximate surface area is 309 Å². The van der Waals surface area contributed by atoms with Crippen LogP contribution in [0.1, 0.15) is 168 Å². The molecule has 0 spiro atoms. The Morgan fingerprint density at radius 2 is 1.04 bits per heavy atom. The molecule has 51 heavy (non-hydrogen) atoms. The highest BCUT2D eigenvalue weighted by molar-refractivity contribution is 5.70. The molecule has 0 radical (unpaired) electrons. The molecular weight excluding hydrogens is 652 g/mol. The van der Waals surface area contributed by atoms with Crippen LogP contribution in [-0.2, 0) is 28.5 Å². The van der Waals surface area contributed by atoms with Crippen LogP contribution in [0.25, 0.3) is 0 Å². The van der Waals surface area contributed by atoms with E-state index in [-0.39, 0.29) is 26.1 Å². The molecule has 6 atom stereocenters. The Kier molecular flexibility index (Phi) is 30.4. The number of ether oxygens (including phenoxy) is 4. The minimum Gasteiger partial charge on any atom is -0.462 e. The van der Waals surface area contributed by atoms with Crippen LogP contribution in [-0.4, -0.2) is 89.0 Å². The molecule has 0 saturated carbocycles. The summed E-state index contributed by atoms with van der Waals surface area (Å²) in [5.41, 5.74) is 0. The highest BCUT2D eigenvalue weighted by atomic mass is 16.7. The predicted octanol–water partition coefficient (Wildman–Crippen LogP) is 7.77. The Hall–Kier alpha value is -1.82. The van der Waals surface area contributed by atoms with Crippen LogP contribution >= 0.6 is 0 Å². The lowest BCUT2D eigenvalue weighted by Crippen LogP contribution is -2.59. The standard InChI is InChI=1S/C41H74O10/c1-3-5-7-9-11-13-15-17-19-21-23-25-27-29-36(43)48-32-34(33-49-41-40(47)39(46)38(45)35(31-42)51-41)50-37(44)30-28-26-24-22-20-18-16-14-12-10-8-6-4-2/h14,16-17,19,34-35,38-42,45-47H,3-13,15,18,20-33H2,1-2H3/b16-14+,19-17+/t34-,35-,38+,39?,40?,41-/m0/s1. The third kappa shape index (κ3) is 24.9. The maximum absolute atomic E-state index is 12.7. The van der Waals surface area contributed by atoms with Crippen LogP contribution in [0.2, 0.25) is 0 Å². The van der Waals surface area contributed by atoms with Crippen LogP contribution in [0.4, 0.5) is 0 Å². The SMILES string of the molecule is CCCCCC/C=C/CCCCCCCC(=O)O[C@@H](COC(=O)CCCCC/C=C/CCCCCCCC)CO[C@H]1O[C@@H](CO)[C@@H](O)C(O)C1O. The van der Waals surface area contributed by atoms with E-state index in [1.165, 1.54) is 64.2 Å². The van der Waals surface area contributed by atoms with Crippen molar-refractivity contribution in [3.05, 3.63) is 24.3 Å². The molecule has 0 aromatic heterocycles. The number of hydrogen-bond donors (Lipinski definition) is 4. The fraction of sp³-hybridized carbons (Fsp3) is 0.854. The third-order valence-corrected chi connectivity index (χ3v) is 9.31. The number of esters is 2. The van der Waals surface area contributed by atoms with Gasteiger partial charge in [-0.05, 0) is 64.2 Å². The fourth-order valence-electron chi connectivity index (χ4n) is 6.00. The molecule has 10 heteroatoms. The van der Waals surface area contributed by atoms with Gasteiger partial charge in [-0.3, -0.25) is 9.59 Å². The molecule has 1 fully saturated rings. The van der Waals surface area contributed by atoms with Gasteiger partial charge in [0.25, 0.3) is 0 Å². The van der Waals surface area contributed by atoms with Crippen molar-refractivity contribution in [3.8, 4) is 0 Å². The van der Waals surface area contributed by atoms with Crippen molar-refractivity contribution >= 4 is 11.9 Å². The summed E-state index contributed by atoms with van der Waals surface area (Å²) in [5.74, 6) is -0.835. The maximum Gasteiger partial charge on any atom is 0.306 e. The van der Waals surface area contributed by atoms with E-state index in [1.807, 2.05) is 0 Å². The zero-order valence-corrected chi connectivity index (χ0v) is 32.1. The summed E-state index contributed by atoms with van der Waals surface area (Å²) >= 11 is 0. The lowest BCUT2D eigenvalue weighted by molar-refractivity contribution is -0.305. The number of aliphatic hydroxyl groups excluding tert-OH is 4. The number of rotatable bonds is 33. The number of aliphatic hydroxyl groups is 4. The molecule has 4 N–H and O–H groups in total. The first-order valence-electron chi connectivity index (χ1n) is 20.4. The number of unbranched alkanes of at least 4 members (excludes halogenated alkanes) is 18. The van der Waals surface area contributed by atoms with Crippen molar-refractivity contribution in [2.45, 2.75) is 205 Å². The average Bonchev–Trinajstić information content (AvgIpc) is 3.13. The van der Waals surface area contributed by atoms with E-state index in [4.69, 9.17) is 18.9 Å². The lowest BCUT2D eigenvalue weighted by atomic mass is 9.99. The van der Waals surface area contributed by atoms with E-state index in [9.17, 15) is 30.0 Å². The molecule has 0 aliphatic carbocycles. The number of hydrogen-bond acceptors (Lipinski definition) is 10. The molecule has 1 aliphatic heterocycles. The van der Waals surface area contributed by atoms with Gasteiger partial charge < -0.3 is 39.4 Å². The van der Waals surface area contributed by atoms with Crippen LogP contribution in [0.3, 0.4) is 0 Å². The quantitative estimate of drug-likeness (QED) is 0.0300. The highest BCUT2D eigenvalue weighted by Crippen LogP contribution is 2.22. The Morgan fingerprint density at radius 3 is 1.57 bits per heavy atom. The Balaban J connectivity index is 2.40. The van der Waals surface area contributed by atoms with Crippen molar-refractivity contribution in [1.29, 1.82) is 0 Å². The van der Waals surface area contributed by atoms with E-state index < -0.39 is 55.4 Å². The largest absolute Gasteiger partial charge is 0.462 e. The zero-order valence-electron chi connectivity index (χ0n) is 32.1. The van der Waals surface area contributed by atoms with Gasteiger partial charge in [0.2, 0.25) is 0 Å². The van der Waals surface area contributed by atoms with Gasteiger partial charge >= 0.3 is 11.9 Å². The maximum atomic E-state index is 12.7. The monoisotopic (exact) mass is 727 g/mol. The third-order valence-electron chi connectivity index (χ3n) is 9.31. The summed E-state index contributed by atoms with van der Waals surface area (Å²) in [5, 5.41) is 39.9. The molecule has 0 aromatic carbocycles. The van der Waals surface area contributed by atoms with Crippen molar-refractivity contribution < 1.29 is 49.0 Å². The summed E-state index contributed by atoms with van der Waals surface area (Å²) in [6.45, 7) is 3.36. The van der Waals surface area contributed by atoms with Crippen molar-refractivity contribution in [2.75, 3.05) is 19.8 Å². The van der Waals surface area contributed by atoms with Gasteiger partial charge in [0, 0.05) is 12.8 Å². The second-order valence-corrected chi connectivity index (χ2v) is 14.1. The topological polar surface area (TPSA) is 152 Å². The van der Waals surface area contributed by atoms with Crippen LogP contribution < -0.4 is 0 Å². The van der Waals surface area contributed by atoms with Crippen LogP contribution in [0, 0.1) is 0 Å². The molecule has 0 amide bonds. The number of allylic oxidation sites excluding steroid dienone is 4. The van der Waals surface area contributed by atoms with Gasteiger partial charge in [0.05, 0.1) is 13.2 Å². The van der Waals surface area contributed by atoms with E-state index >= 15 is 0 Å². The second-order valence-electron chi connectivity index (χ2n) is 14.1. The number of carbonyl (C=O) groups excluding carboxylic acids is 2. The van der Waals surface area contributed by atoms with Crippen LogP contribution in [0.5, 0.6) is 0 Å². The summed E-state index contributed by atoms with van der Waals surface area (Å²) in [6, 6.07) is 0. The molecule has 1 heterocycles. The first-order chi connectivity index (χ1) is 24.8. The van der Waals surface area contributed by atoms with Gasteiger partial charge in [-0.25, -0.2) is 0 Å². The normalized spacial score (nSPS) is 21.4. The minimum atomic E-state index is -1.60. The molecule has 1 aliphatic rings. The van der Waals surface area contributed by atoms with Gasteiger partial charge in [0.1, 0.15) is 31.0 Å². The summed E-state index contributed by atoms with van der Waals surface area (Å²) in [6.07, 6.45) is 26.1. The molecular formula is C41H74O10. The van der Waals surface area contributed by atoms with Gasteiger partial charge in [-0.15, -0.1) is 0 Å². The lowest BCUT2D eigenvalue weighted by Gasteiger charge is -2.39. The summed E-state index contributed by atoms with van der Waals surface area (Å²) in [4.78, 5) is 25.2.